The van der Waals surface area contributed by atoms with Gasteiger partial charge in [0.05, 0.1) is 7.11 Å². The van der Waals surface area contributed by atoms with Crippen molar-refractivity contribution in [3.05, 3.63) is 34.5 Å². The Morgan fingerprint density at radius 3 is 2.43 bits per heavy atom. The lowest BCUT2D eigenvalue weighted by Crippen LogP contribution is -2.08. The molecular weight excluding hydrogens is 184 g/mol. The predicted molar refractivity (Wildman–Crippen MR) is 50.6 cm³/mol. The smallest absolute Gasteiger partial charge is 0.308 e. The Kier molecular flexibility index (Phi) is 3.23. The van der Waals surface area contributed by atoms with Crippen molar-refractivity contribution in [2.45, 2.75) is 6.92 Å². The average Bonchev–Trinajstić information content (AvgIpc) is 2.30. The van der Waals surface area contributed by atoms with Crippen LogP contribution in [0.2, 0.25) is 0 Å². The van der Waals surface area contributed by atoms with Crippen molar-refractivity contribution in [1.29, 1.82) is 0 Å². The summed E-state index contributed by atoms with van der Waals surface area (Å²) in [5.41, 5.74) is -0.358. The summed E-state index contributed by atoms with van der Waals surface area (Å²) in [6.45, 7) is 1.24. The molecule has 0 spiro atoms. The molecule has 14 heavy (non-hydrogen) atoms. The molecule has 0 saturated heterocycles. The van der Waals surface area contributed by atoms with Gasteiger partial charge in [-0.15, -0.1) is 0 Å². The van der Waals surface area contributed by atoms with E-state index in [4.69, 9.17) is 9.47 Å². The minimum atomic E-state index is -0.521. The molecule has 0 amide bonds. The van der Waals surface area contributed by atoms with E-state index in [1.807, 2.05) is 0 Å². The van der Waals surface area contributed by atoms with E-state index in [0.29, 0.717) is 5.75 Å². The van der Waals surface area contributed by atoms with Crippen LogP contribution in [0.3, 0.4) is 0 Å². The normalized spacial score (nSPS) is 9.29. The Balaban J connectivity index is 3.13. The summed E-state index contributed by atoms with van der Waals surface area (Å²) in [6, 6.07) is 5.76. The third kappa shape index (κ3) is 2.58. The molecule has 0 atom stereocenters. The van der Waals surface area contributed by atoms with Gasteiger partial charge in [-0.25, -0.2) is 0 Å². The standard InChI is InChI=1S/C10H10O4/c1-7(11)14-10-6-4-8(13-2)3-5-9(10)12/h3-6H,1-2H3. The van der Waals surface area contributed by atoms with Crippen LogP contribution in [0, 0.1) is 0 Å². The van der Waals surface area contributed by atoms with Gasteiger partial charge in [-0.1, -0.05) is 0 Å². The highest BCUT2D eigenvalue weighted by atomic mass is 16.5. The quantitative estimate of drug-likeness (QED) is 0.658. The van der Waals surface area contributed by atoms with E-state index in [0.717, 1.165) is 0 Å². The third-order valence-electron chi connectivity index (χ3n) is 1.53. The highest BCUT2D eigenvalue weighted by Crippen LogP contribution is 2.09. The Hall–Kier alpha value is -1.84. The van der Waals surface area contributed by atoms with Crippen LogP contribution < -0.4 is 14.9 Å². The Labute approximate surface area is 81.1 Å². The van der Waals surface area contributed by atoms with E-state index in [-0.39, 0.29) is 11.2 Å². The fourth-order valence-electron chi connectivity index (χ4n) is 0.911. The van der Waals surface area contributed by atoms with Crippen molar-refractivity contribution in [3.8, 4) is 11.5 Å². The second-order valence-electron chi connectivity index (χ2n) is 2.60. The van der Waals surface area contributed by atoms with Crippen LogP contribution >= 0.6 is 0 Å². The fraction of sp³-hybridized carbons (Fsp3) is 0.200. The first kappa shape index (κ1) is 10.2. The molecule has 4 heteroatoms. The maximum absolute atomic E-state index is 11.3. The molecule has 0 aliphatic heterocycles. The zero-order valence-electron chi connectivity index (χ0n) is 7.94. The number of carbonyl (C=O) groups is 1. The van der Waals surface area contributed by atoms with Gasteiger partial charge < -0.3 is 9.47 Å². The number of ether oxygens (including phenoxy) is 2. The first-order valence-electron chi connectivity index (χ1n) is 4.00. The lowest BCUT2D eigenvalue weighted by Gasteiger charge is -1.94. The number of hydrogen-bond acceptors (Lipinski definition) is 4. The predicted octanol–water partition coefficient (Wildman–Crippen LogP) is 0.981. The summed E-state index contributed by atoms with van der Waals surface area (Å²) in [5.74, 6) is 0.00793. The lowest BCUT2D eigenvalue weighted by molar-refractivity contribution is -0.131. The maximum Gasteiger partial charge on any atom is 0.308 e. The zero-order chi connectivity index (χ0) is 10.6. The number of rotatable bonds is 2. The van der Waals surface area contributed by atoms with Gasteiger partial charge in [0, 0.05) is 6.92 Å². The topological polar surface area (TPSA) is 52.6 Å². The highest BCUT2D eigenvalue weighted by molar-refractivity contribution is 5.69. The van der Waals surface area contributed by atoms with Crippen LogP contribution in [0.25, 0.3) is 0 Å². The molecule has 0 aliphatic carbocycles. The summed E-state index contributed by atoms with van der Waals surface area (Å²) < 4.78 is 9.61. The maximum atomic E-state index is 11.3. The number of esters is 1. The molecule has 0 unspecified atom stereocenters. The van der Waals surface area contributed by atoms with Crippen LogP contribution in [0.15, 0.2) is 29.1 Å². The molecule has 0 radical (unpaired) electrons. The van der Waals surface area contributed by atoms with E-state index in [1.165, 1.54) is 32.2 Å². The molecule has 1 rings (SSSR count). The summed E-state index contributed by atoms with van der Waals surface area (Å²) in [4.78, 5) is 21.9. The van der Waals surface area contributed by atoms with Gasteiger partial charge in [0.25, 0.3) is 0 Å². The molecule has 1 aromatic carbocycles. The Morgan fingerprint density at radius 2 is 1.86 bits per heavy atom. The van der Waals surface area contributed by atoms with Gasteiger partial charge in [0.1, 0.15) is 5.75 Å². The number of carbonyl (C=O) groups excluding carboxylic acids is 1. The van der Waals surface area contributed by atoms with Gasteiger partial charge in [-0.05, 0) is 24.3 Å². The van der Waals surface area contributed by atoms with Gasteiger partial charge in [0.2, 0.25) is 5.43 Å². The molecular formula is C10H10O4. The van der Waals surface area contributed by atoms with E-state index in [2.05, 4.69) is 0 Å². The van der Waals surface area contributed by atoms with E-state index >= 15 is 0 Å². The van der Waals surface area contributed by atoms with Crippen LogP contribution in [0.5, 0.6) is 11.5 Å². The molecule has 0 aliphatic rings. The van der Waals surface area contributed by atoms with Crippen LogP contribution in [0.1, 0.15) is 6.92 Å². The molecule has 4 nitrogen and oxygen atoms in total. The summed E-state index contributed by atoms with van der Waals surface area (Å²) >= 11 is 0. The SMILES string of the molecule is COc1ccc(OC(C)=O)c(=O)cc1. The van der Waals surface area contributed by atoms with Crippen LogP contribution in [-0.2, 0) is 4.79 Å². The Morgan fingerprint density at radius 1 is 1.21 bits per heavy atom. The van der Waals surface area contributed by atoms with E-state index < -0.39 is 5.97 Å². The molecule has 0 bridgehead atoms. The zero-order valence-corrected chi connectivity index (χ0v) is 7.94. The average molecular weight is 194 g/mol. The van der Waals surface area contributed by atoms with Crippen molar-refractivity contribution < 1.29 is 14.3 Å². The summed E-state index contributed by atoms with van der Waals surface area (Å²) in [7, 11) is 1.49. The Bertz CT molecular complexity index is 398. The molecule has 0 saturated carbocycles. The van der Waals surface area contributed by atoms with Crippen LogP contribution in [-0.4, -0.2) is 13.1 Å². The minimum Gasteiger partial charge on any atom is -0.497 e. The summed E-state index contributed by atoms with van der Waals surface area (Å²) in [6.07, 6.45) is 0. The molecule has 0 fully saturated rings. The van der Waals surface area contributed by atoms with Gasteiger partial charge in [0.15, 0.2) is 5.75 Å². The van der Waals surface area contributed by atoms with Crippen molar-refractivity contribution in [2.24, 2.45) is 0 Å². The molecule has 0 heterocycles. The van der Waals surface area contributed by atoms with Crippen molar-refractivity contribution >= 4 is 5.97 Å². The first-order valence-corrected chi connectivity index (χ1v) is 4.00. The molecule has 74 valence electrons. The van der Waals surface area contributed by atoms with E-state index in [1.54, 1.807) is 6.07 Å². The van der Waals surface area contributed by atoms with Crippen molar-refractivity contribution in [2.75, 3.05) is 7.11 Å². The second-order valence-corrected chi connectivity index (χ2v) is 2.60. The third-order valence-corrected chi connectivity index (χ3v) is 1.53. The highest BCUT2D eigenvalue weighted by Gasteiger charge is 2.01. The monoisotopic (exact) mass is 194 g/mol. The molecule has 0 aromatic heterocycles. The number of methoxy groups -OCH3 is 1. The summed E-state index contributed by atoms with van der Waals surface area (Å²) in [5, 5.41) is 0. The van der Waals surface area contributed by atoms with E-state index in [9.17, 15) is 9.59 Å². The van der Waals surface area contributed by atoms with Crippen molar-refractivity contribution in [1.82, 2.24) is 0 Å². The molecule has 1 aromatic rings. The first-order chi connectivity index (χ1) is 6.63. The van der Waals surface area contributed by atoms with Crippen molar-refractivity contribution in [3.63, 3.8) is 0 Å². The van der Waals surface area contributed by atoms with Gasteiger partial charge >= 0.3 is 5.97 Å². The van der Waals surface area contributed by atoms with Gasteiger partial charge in [-0.3, -0.25) is 9.59 Å². The lowest BCUT2D eigenvalue weighted by atomic mass is 10.4. The minimum absolute atomic E-state index is 0.000741. The molecule has 0 N–H and O–H groups in total. The van der Waals surface area contributed by atoms with Crippen LogP contribution in [0.4, 0.5) is 0 Å². The number of hydrogen-bond donors (Lipinski definition) is 0. The largest absolute Gasteiger partial charge is 0.497 e. The second kappa shape index (κ2) is 4.41. The van der Waals surface area contributed by atoms with Gasteiger partial charge in [-0.2, -0.15) is 0 Å². The fourth-order valence-corrected chi connectivity index (χ4v) is 0.911.